The molecular weight excluding hydrogens is 264 g/mol. The van der Waals surface area contributed by atoms with Crippen molar-refractivity contribution in [2.75, 3.05) is 27.7 Å². The minimum Gasteiger partial charge on any atom is -0.355 e. The maximum atomic E-state index is 4.43. The van der Waals surface area contributed by atoms with Crippen LogP contribution < -0.4 is 10.6 Å². The zero-order valence-corrected chi connectivity index (χ0v) is 14.7. The first-order valence-corrected chi connectivity index (χ1v) is 7.30. The Morgan fingerprint density at radius 2 is 1.90 bits per heavy atom. The van der Waals surface area contributed by atoms with E-state index < -0.39 is 0 Å². The number of nitrogens with zero attached hydrogens (tertiary/aromatic N) is 4. The lowest BCUT2D eigenvalue weighted by atomic mass is 10.0. The van der Waals surface area contributed by atoms with Crippen molar-refractivity contribution in [3.63, 3.8) is 0 Å². The number of nitrogens with one attached hydrogen (secondary N) is 2. The Balaban J connectivity index is 2.60. The number of rotatable bonds is 5. The minimum atomic E-state index is 0.0672. The van der Waals surface area contributed by atoms with Crippen molar-refractivity contribution in [2.24, 2.45) is 12.0 Å². The van der Waals surface area contributed by atoms with Crippen molar-refractivity contribution >= 4 is 5.96 Å². The summed E-state index contributed by atoms with van der Waals surface area (Å²) in [7, 11) is 7.93. The van der Waals surface area contributed by atoms with E-state index in [1.807, 2.05) is 18.7 Å². The average Bonchev–Trinajstić information content (AvgIpc) is 2.64. The molecule has 0 aromatic carbocycles. The standard InChI is InChI=1S/C15H30N6/c1-11-13(12(2)21(8)19-11)9-17-14(16-5)18-10-15(3,4)20(6)7/h9-10H2,1-8H3,(H2,16,17,18). The molecule has 0 fully saturated rings. The van der Waals surface area contributed by atoms with E-state index in [4.69, 9.17) is 0 Å². The number of likely N-dealkylation sites (N-methyl/N-ethyl adjacent to an activating group) is 1. The third kappa shape index (κ3) is 4.46. The summed E-state index contributed by atoms with van der Waals surface area (Å²) < 4.78 is 1.91. The molecule has 1 aromatic rings. The Kier molecular flexibility index (Phi) is 5.78. The van der Waals surface area contributed by atoms with Gasteiger partial charge in [0, 0.05) is 44.0 Å². The summed E-state index contributed by atoms with van der Waals surface area (Å²) in [6.07, 6.45) is 0. The highest BCUT2D eigenvalue weighted by atomic mass is 15.3. The van der Waals surface area contributed by atoms with E-state index in [0.29, 0.717) is 0 Å². The molecule has 0 unspecified atom stereocenters. The molecule has 0 radical (unpaired) electrons. The Morgan fingerprint density at radius 1 is 1.29 bits per heavy atom. The van der Waals surface area contributed by atoms with Gasteiger partial charge in [0.25, 0.3) is 0 Å². The minimum absolute atomic E-state index is 0.0672. The van der Waals surface area contributed by atoms with Gasteiger partial charge in [-0.25, -0.2) is 0 Å². The van der Waals surface area contributed by atoms with Crippen LogP contribution in [0.3, 0.4) is 0 Å². The first-order valence-electron chi connectivity index (χ1n) is 7.30. The van der Waals surface area contributed by atoms with Crippen LogP contribution in [0.4, 0.5) is 0 Å². The van der Waals surface area contributed by atoms with Gasteiger partial charge < -0.3 is 15.5 Å². The van der Waals surface area contributed by atoms with Gasteiger partial charge in [0.2, 0.25) is 0 Å². The van der Waals surface area contributed by atoms with Crippen molar-refractivity contribution in [2.45, 2.75) is 39.8 Å². The van der Waals surface area contributed by atoms with E-state index in [-0.39, 0.29) is 5.54 Å². The molecule has 0 saturated carbocycles. The maximum Gasteiger partial charge on any atom is 0.191 e. The zero-order valence-electron chi connectivity index (χ0n) is 14.7. The van der Waals surface area contributed by atoms with Crippen LogP contribution in [0.5, 0.6) is 0 Å². The Morgan fingerprint density at radius 3 is 2.33 bits per heavy atom. The van der Waals surface area contributed by atoms with Crippen LogP contribution in [0.15, 0.2) is 4.99 Å². The third-order valence-electron chi connectivity index (χ3n) is 4.21. The van der Waals surface area contributed by atoms with Crippen molar-refractivity contribution in [3.8, 4) is 0 Å². The van der Waals surface area contributed by atoms with Gasteiger partial charge in [0.15, 0.2) is 5.96 Å². The van der Waals surface area contributed by atoms with Crippen LogP contribution in [-0.4, -0.2) is 53.9 Å². The number of hydrogen-bond donors (Lipinski definition) is 2. The van der Waals surface area contributed by atoms with Gasteiger partial charge in [-0.1, -0.05) is 0 Å². The van der Waals surface area contributed by atoms with Gasteiger partial charge in [0.05, 0.1) is 5.69 Å². The molecule has 1 heterocycles. The van der Waals surface area contributed by atoms with E-state index >= 15 is 0 Å². The molecule has 0 saturated heterocycles. The molecule has 6 heteroatoms. The van der Waals surface area contributed by atoms with Gasteiger partial charge in [-0.15, -0.1) is 0 Å². The van der Waals surface area contributed by atoms with Crippen LogP contribution in [0.1, 0.15) is 30.8 Å². The monoisotopic (exact) mass is 294 g/mol. The normalized spacial score (nSPS) is 12.9. The van der Waals surface area contributed by atoms with Gasteiger partial charge >= 0.3 is 0 Å². The topological polar surface area (TPSA) is 57.5 Å². The number of aryl methyl sites for hydroxylation is 2. The lowest BCUT2D eigenvalue weighted by molar-refractivity contribution is 0.197. The predicted octanol–water partition coefficient (Wildman–Crippen LogP) is 1.04. The molecule has 2 N–H and O–H groups in total. The lowest BCUT2D eigenvalue weighted by Gasteiger charge is -2.33. The number of guanidine groups is 1. The molecule has 120 valence electrons. The van der Waals surface area contributed by atoms with Crippen molar-refractivity contribution in [3.05, 3.63) is 17.0 Å². The van der Waals surface area contributed by atoms with E-state index in [1.165, 1.54) is 11.3 Å². The van der Waals surface area contributed by atoms with Crippen molar-refractivity contribution < 1.29 is 0 Å². The van der Waals surface area contributed by atoms with Crippen molar-refractivity contribution in [1.29, 1.82) is 0 Å². The summed E-state index contributed by atoms with van der Waals surface area (Å²) in [4.78, 5) is 6.48. The number of hydrogen-bond acceptors (Lipinski definition) is 3. The average molecular weight is 294 g/mol. The second-order valence-corrected chi connectivity index (χ2v) is 6.26. The van der Waals surface area contributed by atoms with E-state index in [0.717, 1.165) is 24.7 Å². The van der Waals surface area contributed by atoms with E-state index in [1.54, 1.807) is 7.05 Å². The molecule has 0 aliphatic carbocycles. The largest absolute Gasteiger partial charge is 0.355 e. The lowest BCUT2D eigenvalue weighted by Crippen LogP contribution is -2.50. The number of aliphatic imine (C=N–C) groups is 1. The molecule has 6 nitrogen and oxygen atoms in total. The SMILES string of the molecule is CN=C(NCc1c(C)nn(C)c1C)NCC(C)(C)N(C)C. The molecule has 1 aromatic heterocycles. The highest BCUT2D eigenvalue weighted by Gasteiger charge is 2.20. The van der Waals surface area contributed by atoms with Crippen LogP contribution in [0, 0.1) is 13.8 Å². The van der Waals surface area contributed by atoms with Gasteiger partial charge in [0.1, 0.15) is 0 Å². The van der Waals surface area contributed by atoms with Gasteiger partial charge in [-0.2, -0.15) is 5.10 Å². The third-order valence-corrected chi connectivity index (χ3v) is 4.21. The fourth-order valence-corrected chi connectivity index (χ4v) is 1.92. The Labute approximate surface area is 128 Å². The van der Waals surface area contributed by atoms with Crippen LogP contribution in [0.2, 0.25) is 0 Å². The smallest absolute Gasteiger partial charge is 0.191 e. The summed E-state index contributed by atoms with van der Waals surface area (Å²) in [5, 5.41) is 11.2. The molecule has 1 rings (SSSR count). The molecule has 0 aliphatic rings. The molecular formula is C15H30N6. The maximum absolute atomic E-state index is 4.43. The summed E-state index contributed by atoms with van der Waals surface area (Å²) in [5.41, 5.74) is 3.54. The summed E-state index contributed by atoms with van der Waals surface area (Å²) in [6.45, 7) is 10.1. The second-order valence-electron chi connectivity index (χ2n) is 6.26. The first kappa shape index (κ1) is 17.5. The summed E-state index contributed by atoms with van der Waals surface area (Å²) in [5.74, 6) is 0.813. The summed E-state index contributed by atoms with van der Waals surface area (Å²) in [6, 6.07) is 0. The fraction of sp³-hybridized carbons (Fsp3) is 0.733. The molecule has 0 aliphatic heterocycles. The quantitative estimate of drug-likeness (QED) is 0.629. The fourth-order valence-electron chi connectivity index (χ4n) is 1.92. The zero-order chi connectivity index (χ0) is 16.2. The highest BCUT2D eigenvalue weighted by molar-refractivity contribution is 5.79. The molecule has 0 atom stereocenters. The molecule has 21 heavy (non-hydrogen) atoms. The van der Waals surface area contributed by atoms with Gasteiger partial charge in [-0.05, 0) is 41.8 Å². The second kappa shape index (κ2) is 6.93. The van der Waals surface area contributed by atoms with Crippen LogP contribution in [0.25, 0.3) is 0 Å². The summed E-state index contributed by atoms with van der Waals surface area (Å²) >= 11 is 0. The predicted molar refractivity (Wildman–Crippen MR) is 88.6 cm³/mol. The highest BCUT2D eigenvalue weighted by Crippen LogP contribution is 2.11. The van der Waals surface area contributed by atoms with E-state index in [2.05, 4.69) is 60.5 Å². The Bertz CT molecular complexity index is 499. The molecule has 0 amide bonds. The molecule has 0 bridgehead atoms. The van der Waals surface area contributed by atoms with E-state index in [9.17, 15) is 0 Å². The van der Waals surface area contributed by atoms with Crippen LogP contribution in [-0.2, 0) is 13.6 Å². The Hall–Kier alpha value is -1.56. The number of aromatic nitrogens is 2. The molecule has 0 spiro atoms. The van der Waals surface area contributed by atoms with Crippen molar-refractivity contribution in [1.82, 2.24) is 25.3 Å². The first-order chi connectivity index (χ1) is 9.69. The van der Waals surface area contributed by atoms with Crippen LogP contribution >= 0.6 is 0 Å². The van der Waals surface area contributed by atoms with Gasteiger partial charge in [-0.3, -0.25) is 9.67 Å².